The third-order valence-electron chi connectivity index (χ3n) is 2.44. The predicted molar refractivity (Wildman–Crippen MR) is 59.9 cm³/mol. The van der Waals surface area contributed by atoms with Gasteiger partial charge < -0.3 is 10.2 Å². The number of aliphatic hydroxyl groups is 1. The Morgan fingerprint density at radius 3 is 2.33 bits per heavy atom. The monoisotopic (exact) mass is 217 g/mol. The zero-order valence-electron chi connectivity index (χ0n) is 9.99. The maximum atomic E-state index is 10.9. The number of carbonyl (C=O) groups is 1. The van der Waals surface area contributed by atoms with E-state index in [1.165, 1.54) is 0 Å². The molecule has 2 N–H and O–H groups in total. The number of aliphatic carboxylic acids is 1. The SMILES string of the molecule is CCCCN(CCO)CC(C)(C)C(=O)O. The van der Waals surface area contributed by atoms with Crippen LogP contribution in [0.15, 0.2) is 0 Å². The summed E-state index contributed by atoms with van der Waals surface area (Å²) in [6.45, 7) is 7.50. The highest BCUT2D eigenvalue weighted by Crippen LogP contribution is 2.17. The Balaban J connectivity index is 4.19. The second-order valence-corrected chi connectivity index (χ2v) is 4.54. The molecule has 0 aliphatic rings. The van der Waals surface area contributed by atoms with E-state index in [1.807, 2.05) is 4.90 Å². The summed E-state index contributed by atoms with van der Waals surface area (Å²) in [4.78, 5) is 13.0. The lowest BCUT2D eigenvalue weighted by molar-refractivity contribution is -0.148. The fourth-order valence-corrected chi connectivity index (χ4v) is 1.42. The molecule has 0 bridgehead atoms. The molecule has 0 aliphatic heterocycles. The molecule has 0 spiro atoms. The molecule has 0 atom stereocenters. The fraction of sp³-hybridized carbons (Fsp3) is 0.909. The van der Waals surface area contributed by atoms with Crippen LogP contribution < -0.4 is 0 Å². The van der Waals surface area contributed by atoms with Crippen molar-refractivity contribution in [1.29, 1.82) is 0 Å². The molecule has 15 heavy (non-hydrogen) atoms. The van der Waals surface area contributed by atoms with E-state index in [4.69, 9.17) is 10.2 Å². The summed E-state index contributed by atoms with van der Waals surface area (Å²) in [6.07, 6.45) is 2.12. The van der Waals surface area contributed by atoms with Crippen LogP contribution in [0.4, 0.5) is 0 Å². The van der Waals surface area contributed by atoms with E-state index >= 15 is 0 Å². The van der Waals surface area contributed by atoms with Crippen molar-refractivity contribution in [3.8, 4) is 0 Å². The summed E-state index contributed by atoms with van der Waals surface area (Å²) < 4.78 is 0. The molecule has 4 nitrogen and oxygen atoms in total. The Kier molecular flexibility index (Phi) is 6.52. The van der Waals surface area contributed by atoms with E-state index in [1.54, 1.807) is 13.8 Å². The van der Waals surface area contributed by atoms with Crippen LogP contribution in [0.2, 0.25) is 0 Å². The summed E-state index contributed by atoms with van der Waals surface area (Å²) in [5.74, 6) is -0.790. The van der Waals surface area contributed by atoms with Crippen molar-refractivity contribution in [2.45, 2.75) is 33.6 Å². The van der Waals surface area contributed by atoms with Crippen LogP contribution in [0.5, 0.6) is 0 Å². The van der Waals surface area contributed by atoms with Crippen LogP contribution in [-0.4, -0.2) is 47.3 Å². The van der Waals surface area contributed by atoms with Crippen LogP contribution in [0.3, 0.4) is 0 Å². The van der Waals surface area contributed by atoms with Gasteiger partial charge in [-0.1, -0.05) is 13.3 Å². The minimum Gasteiger partial charge on any atom is -0.481 e. The van der Waals surface area contributed by atoms with E-state index in [-0.39, 0.29) is 6.61 Å². The first-order valence-electron chi connectivity index (χ1n) is 5.50. The van der Waals surface area contributed by atoms with Gasteiger partial charge in [0.1, 0.15) is 0 Å². The number of hydrogen-bond acceptors (Lipinski definition) is 3. The average Bonchev–Trinajstić information content (AvgIpc) is 2.14. The van der Waals surface area contributed by atoms with Gasteiger partial charge in [0.15, 0.2) is 0 Å². The lowest BCUT2D eigenvalue weighted by Gasteiger charge is -2.29. The third-order valence-corrected chi connectivity index (χ3v) is 2.44. The molecule has 0 unspecified atom stereocenters. The number of hydrogen-bond donors (Lipinski definition) is 2. The number of unbranched alkanes of at least 4 members (excludes halogenated alkanes) is 1. The first-order valence-corrected chi connectivity index (χ1v) is 5.50. The van der Waals surface area contributed by atoms with Gasteiger partial charge in [-0.3, -0.25) is 9.69 Å². The zero-order valence-corrected chi connectivity index (χ0v) is 9.99. The van der Waals surface area contributed by atoms with Gasteiger partial charge in [0.05, 0.1) is 12.0 Å². The van der Waals surface area contributed by atoms with Crippen molar-refractivity contribution in [2.75, 3.05) is 26.2 Å². The van der Waals surface area contributed by atoms with Crippen LogP contribution in [0.25, 0.3) is 0 Å². The second kappa shape index (κ2) is 6.80. The number of carboxylic acid groups (broad SMARTS) is 1. The molecule has 90 valence electrons. The van der Waals surface area contributed by atoms with E-state index in [0.717, 1.165) is 19.4 Å². The van der Waals surface area contributed by atoms with Gasteiger partial charge in [0.2, 0.25) is 0 Å². The van der Waals surface area contributed by atoms with Crippen molar-refractivity contribution in [1.82, 2.24) is 4.90 Å². The Hall–Kier alpha value is -0.610. The summed E-state index contributed by atoms with van der Waals surface area (Å²) >= 11 is 0. The van der Waals surface area contributed by atoms with Crippen molar-refractivity contribution in [2.24, 2.45) is 5.41 Å². The first-order chi connectivity index (χ1) is 6.94. The van der Waals surface area contributed by atoms with Crippen LogP contribution in [-0.2, 0) is 4.79 Å². The number of nitrogens with zero attached hydrogens (tertiary/aromatic N) is 1. The maximum Gasteiger partial charge on any atom is 0.310 e. The van der Waals surface area contributed by atoms with E-state index in [2.05, 4.69) is 6.92 Å². The molecule has 0 amide bonds. The Morgan fingerprint density at radius 2 is 1.93 bits per heavy atom. The second-order valence-electron chi connectivity index (χ2n) is 4.54. The highest BCUT2D eigenvalue weighted by Gasteiger charge is 2.29. The number of rotatable bonds is 8. The first kappa shape index (κ1) is 14.4. The standard InChI is InChI=1S/C11H23NO3/c1-4-5-6-12(7-8-13)9-11(2,3)10(14)15/h13H,4-9H2,1-3H3,(H,14,15). The molecule has 0 aliphatic carbocycles. The van der Waals surface area contributed by atoms with E-state index in [0.29, 0.717) is 13.1 Å². The summed E-state index contributed by atoms with van der Waals surface area (Å²) in [7, 11) is 0. The van der Waals surface area contributed by atoms with Gasteiger partial charge in [-0.25, -0.2) is 0 Å². The summed E-state index contributed by atoms with van der Waals surface area (Å²) in [5, 5.41) is 17.9. The van der Waals surface area contributed by atoms with Gasteiger partial charge in [-0.05, 0) is 26.8 Å². The molecule has 0 aromatic heterocycles. The average molecular weight is 217 g/mol. The summed E-state index contributed by atoms with van der Waals surface area (Å²) in [5.41, 5.74) is -0.747. The van der Waals surface area contributed by atoms with Gasteiger partial charge in [0, 0.05) is 13.1 Å². The van der Waals surface area contributed by atoms with Crippen LogP contribution >= 0.6 is 0 Å². The van der Waals surface area contributed by atoms with Crippen molar-refractivity contribution < 1.29 is 15.0 Å². The molecular formula is C11H23NO3. The topological polar surface area (TPSA) is 60.8 Å². The lowest BCUT2D eigenvalue weighted by atomic mass is 9.93. The molecule has 0 heterocycles. The Bertz CT molecular complexity index is 192. The molecule has 0 saturated heterocycles. The predicted octanol–water partition coefficient (Wildman–Crippen LogP) is 1.19. The zero-order chi connectivity index (χ0) is 11.9. The van der Waals surface area contributed by atoms with Gasteiger partial charge in [-0.15, -0.1) is 0 Å². The molecular weight excluding hydrogens is 194 g/mol. The molecule has 0 fully saturated rings. The van der Waals surface area contributed by atoms with Crippen LogP contribution in [0.1, 0.15) is 33.6 Å². The minimum absolute atomic E-state index is 0.0828. The van der Waals surface area contributed by atoms with E-state index < -0.39 is 11.4 Å². The van der Waals surface area contributed by atoms with Gasteiger partial charge >= 0.3 is 5.97 Å². The highest BCUT2D eigenvalue weighted by atomic mass is 16.4. The third kappa shape index (κ3) is 5.74. The Morgan fingerprint density at radius 1 is 1.33 bits per heavy atom. The highest BCUT2D eigenvalue weighted by molar-refractivity contribution is 5.73. The van der Waals surface area contributed by atoms with Crippen molar-refractivity contribution in [3.05, 3.63) is 0 Å². The molecule has 4 heteroatoms. The lowest BCUT2D eigenvalue weighted by Crippen LogP contribution is -2.40. The van der Waals surface area contributed by atoms with Crippen molar-refractivity contribution >= 4 is 5.97 Å². The minimum atomic E-state index is -0.790. The molecule has 0 aromatic rings. The van der Waals surface area contributed by atoms with E-state index in [9.17, 15) is 4.79 Å². The molecule has 0 rings (SSSR count). The smallest absolute Gasteiger partial charge is 0.310 e. The van der Waals surface area contributed by atoms with Crippen molar-refractivity contribution in [3.63, 3.8) is 0 Å². The Labute approximate surface area is 91.9 Å². The summed E-state index contributed by atoms with van der Waals surface area (Å²) in [6, 6.07) is 0. The van der Waals surface area contributed by atoms with Crippen LogP contribution in [0, 0.1) is 5.41 Å². The van der Waals surface area contributed by atoms with Gasteiger partial charge in [-0.2, -0.15) is 0 Å². The maximum absolute atomic E-state index is 10.9. The number of aliphatic hydroxyl groups excluding tert-OH is 1. The molecule has 0 radical (unpaired) electrons. The fourth-order valence-electron chi connectivity index (χ4n) is 1.42. The quantitative estimate of drug-likeness (QED) is 0.641. The molecule has 0 aromatic carbocycles. The normalized spacial score (nSPS) is 12.1. The number of carboxylic acids is 1. The largest absolute Gasteiger partial charge is 0.481 e. The molecule has 0 saturated carbocycles. The van der Waals surface area contributed by atoms with Gasteiger partial charge in [0.25, 0.3) is 0 Å².